The minimum absolute atomic E-state index is 0.0333. The smallest absolute Gasteiger partial charge is 0.251 e. The first-order valence-corrected chi connectivity index (χ1v) is 12.1. The van der Waals surface area contributed by atoms with Crippen LogP contribution >= 0.6 is 0 Å². The number of fused-ring (bicyclic) bond motifs is 1. The molecule has 1 fully saturated rings. The Labute approximate surface area is 220 Å². The molecular weight excluding hydrogens is 511 g/mol. The van der Waals surface area contributed by atoms with Crippen molar-refractivity contribution in [2.24, 2.45) is 5.73 Å². The molecule has 2 aromatic carbocycles. The van der Waals surface area contributed by atoms with Gasteiger partial charge in [-0.15, -0.1) is 0 Å². The molecule has 2 amide bonds. The van der Waals surface area contributed by atoms with Crippen LogP contribution < -0.4 is 11.5 Å². The van der Waals surface area contributed by atoms with Gasteiger partial charge in [0.25, 0.3) is 5.91 Å². The number of aromatic nitrogens is 4. The summed E-state index contributed by atoms with van der Waals surface area (Å²) in [7, 11) is 0. The van der Waals surface area contributed by atoms with Gasteiger partial charge in [-0.05, 0) is 60.4 Å². The van der Waals surface area contributed by atoms with Gasteiger partial charge in [-0.25, -0.2) is 27.8 Å². The largest absolute Gasteiger partial charge is 0.383 e. The molecule has 0 bridgehead atoms. The Morgan fingerprint density at radius 1 is 1.13 bits per heavy atom. The van der Waals surface area contributed by atoms with Crippen LogP contribution in [0.3, 0.4) is 0 Å². The van der Waals surface area contributed by atoms with E-state index in [9.17, 15) is 22.8 Å². The highest BCUT2D eigenvalue weighted by Crippen LogP contribution is 2.35. The number of nitrogens with two attached hydrogens (primary N) is 2. The molecule has 3 heterocycles. The third-order valence-electron chi connectivity index (χ3n) is 6.83. The summed E-state index contributed by atoms with van der Waals surface area (Å²) in [6.45, 7) is 4.55. The molecule has 1 aliphatic rings. The number of hydrogen-bond donors (Lipinski definition) is 2. The summed E-state index contributed by atoms with van der Waals surface area (Å²) < 4.78 is 45.5. The van der Waals surface area contributed by atoms with E-state index in [2.05, 4.69) is 16.5 Å². The van der Waals surface area contributed by atoms with E-state index in [4.69, 9.17) is 16.6 Å². The number of carbonyl (C=O) groups is 2. The highest BCUT2D eigenvalue weighted by Gasteiger charge is 2.28. The van der Waals surface area contributed by atoms with Crippen molar-refractivity contribution in [3.05, 3.63) is 83.5 Å². The molecule has 5 rings (SSSR count). The lowest BCUT2D eigenvalue weighted by Crippen LogP contribution is -2.40. The van der Waals surface area contributed by atoms with Crippen molar-refractivity contribution in [2.45, 2.75) is 25.3 Å². The molecule has 1 aliphatic heterocycles. The summed E-state index contributed by atoms with van der Waals surface area (Å²) in [6.07, 6.45) is 3.71. The van der Waals surface area contributed by atoms with Gasteiger partial charge in [-0.3, -0.25) is 9.59 Å². The molecule has 200 valence electrons. The van der Waals surface area contributed by atoms with Crippen LogP contribution in [0, 0.1) is 17.5 Å². The quantitative estimate of drug-likeness (QED) is 0.363. The molecular formula is C27H24F3N7O2. The Balaban J connectivity index is 1.58. The van der Waals surface area contributed by atoms with Crippen LogP contribution in [-0.2, 0) is 11.2 Å². The maximum atomic E-state index is 14.9. The predicted octanol–water partition coefficient (Wildman–Crippen LogP) is 3.53. The van der Waals surface area contributed by atoms with Crippen LogP contribution in [0.1, 0.15) is 40.4 Å². The molecule has 0 spiro atoms. The SMILES string of the molecule is C=CC(=O)N1CCC[C@@H](n2nc(-c3ccc(F)c(Cc4cc(F)cc(C(N)=O)c4F)c3)c3c(N)ncnc32)C1. The summed E-state index contributed by atoms with van der Waals surface area (Å²) in [5, 5.41) is 5.20. The molecule has 0 aliphatic carbocycles. The van der Waals surface area contributed by atoms with Crippen molar-refractivity contribution in [3.63, 3.8) is 0 Å². The van der Waals surface area contributed by atoms with Crippen molar-refractivity contribution in [2.75, 3.05) is 18.8 Å². The number of likely N-dealkylation sites (tertiary alicyclic amines) is 1. The van der Waals surface area contributed by atoms with E-state index in [0.717, 1.165) is 18.9 Å². The number of carbonyl (C=O) groups excluding carboxylic acids is 2. The molecule has 2 aromatic heterocycles. The van der Waals surface area contributed by atoms with Gasteiger partial charge < -0.3 is 16.4 Å². The maximum absolute atomic E-state index is 14.9. The Bertz CT molecular complexity index is 1640. The Morgan fingerprint density at radius 2 is 1.92 bits per heavy atom. The fourth-order valence-electron chi connectivity index (χ4n) is 4.95. The minimum atomic E-state index is -1.13. The minimum Gasteiger partial charge on any atom is -0.383 e. The molecule has 0 unspecified atom stereocenters. The van der Waals surface area contributed by atoms with E-state index in [1.807, 2.05) is 0 Å². The highest BCUT2D eigenvalue weighted by atomic mass is 19.1. The summed E-state index contributed by atoms with van der Waals surface area (Å²) in [4.78, 5) is 33.9. The van der Waals surface area contributed by atoms with E-state index in [0.29, 0.717) is 41.4 Å². The molecule has 12 heteroatoms. The number of nitrogen functional groups attached to an aromatic ring is 1. The van der Waals surface area contributed by atoms with Crippen molar-refractivity contribution in [3.8, 4) is 11.3 Å². The summed E-state index contributed by atoms with van der Waals surface area (Å²) in [5.74, 6) is -3.71. The van der Waals surface area contributed by atoms with Crippen molar-refractivity contribution >= 4 is 28.7 Å². The summed E-state index contributed by atoms with van der Waals surface area (Å²) >= 11 is 0. The molecule has 0 saturated carbocycles. The van der Waals surface area contributed by atoms with Gasteiger partial charge in [0.05, 0.1) is 17.0 Å². The van der Waals surface area contributed by atoms with Crippen LogP contribution in [0.25, 0.3) is 22.3 Å². The fraction of sp³-hybridized carbons (Fsp3) is 0.222. The van der Waals surface area contributed by atoms with E-state index < -0.39 is 28.9 Å². The monoisotopic (exact) mass is 535 g/mol. The van der Waals surface area contributed by atoms with Gasteiger partial charge in [0.1, 0.15) is 35.3 Å². The second-order valence-corrected chi connectivity index (χ2v) is 9.31. The molecule has 9 nitrogen and oxygen atoms in total. The Hall–Kier alpha value is -4.74. The maximum Gasteiger partial charge on any atom is 0.251 e. The lowest BCUT2D eigenvalue weighted by atomic mass is 9.98. The molecule has 4 N–H and O–H groups in total. The van der Waals surface area contributed by atoms with E-state index in [1.165, 1.54) is 30.6 Å². The molecule has 39 heavy (non-hydrogen) atoms. The van der Waals surface area contributed by atoms with Crippen LogP contribution in [0.5, 0.6) is 0 Å². The van der Waals surface area contributed by atoms with Gasteiger partial charge in [0.15, 0.2) is 5.65 Å². The number of hydrogen-bond acceptors (Lipinski definition) is 6. The van der Waals surface area contributed by atoms with E-state index in [1.54, 1.807) is 9.58 Å². The normalized spacial score (nSPS) is 15.5. The first-order chi connectivity index (χ1) is 18.7. The Kier molecular flexibility index (Phi) is 6.77. The van der Waals surface area contributed by atoms with Gasteiger partial charge in [-0.2, -0.15) is 5.10 Å². The molecule has 4 aromatic rings. The zero-order chi connectivity index (χ0) is 27.8. The van der Waals surface area contributed by atoms with Crippen LogP contribution in [0.15, 0.2) is 49.3 Å². The third kappa shape index (κ3) is 4.80. The van der Waals surface area contributed by atoms with E-state index >= 15 is 0 Å². The van der Waals surface area contributed by atoms with Crippen molar-refractivity contribution in [1.82, 2.24) is 24.6 Å². The predicted molar refractivity (Wildman–Crippen MR) is 138 cm³/mol. The topological polar surface area (TPSA) is 133 Å². The first kappa shape index (κ1) is 25.9. The van der Waals surface area contributed by atoms with Crippen LogP contribution in [0.2, 0.25) is 0 Å². The average molecular weight is 536 g/mol. The zero-order valence-corrected chi connectivity index (χ0v) is 20.7. The molecule has 1 saturated heterocycles. The second kappa shape index (κ2) is 10.2. The lowest BCUT2D eigenvalue weighted by Gasteiger charge is -2.32. The summed E-state index contributed by atoms with van der Waals surface area (Å²) in [6, 6.07) is 5.52. The second-order valence-electron chi connectivity index (χ2n) is 9.31. The van der Waals surface area contributed by atoms with Crippen LogP contribution in [0.4, 0.5) is 19.0 Å². The van der Waals surface area contributed by atoms with Gasteiger partial charge >= 0.3 is 0 Å². The number of nitrogens with zero attached hydrogens (tertiary/aromatic N) is 5. The van der Waals surface area contributed by atoms with Crippen molar-refractivity contribution in [1.29, 1.82) is 0 Å². The number of anilines is 1. The molecule has 0 radical (unpaired) electrons. The van der Waals surface area contributed by atoms with Gasteiger partial charge in [0, 0.05) is 25.1 Å². The number of primary amides is 1. The van der Waals surface area contributed by atoms with Gasteiger partial charge in [-0.1, -0.05) is 6.58 Å². The van der Waals surface area contributed by atoms with Crippen molar-refractivity contribution < 1.29 is 22.8 Å². The number of halogens is 3. The standard InChI is InChI=1S/C27H24F3N7O2/c1-2-21(38)36-7-3-4-18(12-36)37-27-22(25(31)33-13-34-27)24(35-37)14-5-6-20(29)15(8-14)9-16-10-17(28)11-19(23(16)30)26(32)39/h2,5-6,8,10-11,13,18H,1,3-4,7,9,12H2,(H2,32,39)(H2,31,33,34)/t18-/m1/s1. The first-order valence-electron chi connectivity index (χ1n) is 12.1. The zero-order valence-electron chi connectivity index (χ0n) is 20.7. The number of piperidine rings is 1. The van der Waals surface area contributed by atoms with E-state index in [-0.39, 0.29) is 35.3 Å². The average Bonchev–Trinajstić information content (AvgIpc) is 3.32. The molecule has 1 atom stereocenters. The number of benzene rings is 2. The number of amides is 2. The third-order valence-corrected chi connectivity index (χ3v) is 6.83. The van der Waals surface area contributed by atoms with Gasteiger partial charge in [0.2, 0.25) is 5.91 Å². The lowest BCUT2D eigenvalue weighted by molar-refractivity contribution is -0.127. The number of rotatable bonds is 6. The van der Waals surface area contributed by atoms with Crippen LogP contribution in [-0.4, -0.2) is 49.6 Å². The summed E-state index contributed by atoms with van der Waals surface area (Å²) in [5.41, 5.74) is 11.8. The fourth-order valence-corrected chi connectivity index (χ4v) is 4.95. The highest BCUT2D eigenvalue weighted by molar-refractivity contribution is 5.98. The Morgan fingerprint density at radius 3 is 2.67 bits per heavy atom.